The van der Waals surface area contributed by atoms with Gasteiger partial charge in [-0.05, 0) is 105 Å². The quantitative estimate of drug-likeness (QED) is 0.180. The number of fused-ring (bicyclic) bond motifs is 14. The Morgan fingerprint density at radius 3 is 1.87 bits per heavy atom. The van der Waals surface area contributed by atoms with Gasteiger partial charge in [0.1, 0.15) is 11.2 Å². The van der Waals surface area contributed by atoms with Crippen LogP contribution in [-0.2, 0) is 0 Å². The third-order valence-corrected chi connectivity index (χ3v) is 12.0. The lowest BCUT2D eigenvalue weighted by Crippen LogP contribution is -1.96. The van der Waals surface area contributed by atoms with E-state index in [1.165, 1.54) is 71.3 Å². The van der Waals surface area contributed by atoms with Crippen LogP contribution >= 0.6 is 0 Å². The Labute approximate surface area is 315 Å². The van der Waals surface area contributed by atoms with Gasteiger partial charge in [-0.1, -0.05) is 121 Å². The number of benzene rings is 9. The summed E-state index contributed by atoms with van der Waals surface area (Å²) in [5.41, 5.74) is 16.3. The molecule has 0 fully saturated rings. The Morgan fingerprint density at radius 1 is 0.327 bits per heavy atom. The van der Waals surface area contributed by atoms with Crippen LogP contribution in [0.3, 0.4) is 0 Å². The normalized spacial score (nSPS) is 12.4. The van der Waals surface area contributed by atoms with Crippen LogP contribution in [-0.4, -0.2) is 9.13 Å². The van der Waals surface area contributed by atoms with Crippen molar-refractivity contribution in [2.24, 2.45) is 0 Å². The summed E-state index contributed by atoms with van der Waals surface area (Å²) < 4.78 is 11.8. The standard InChI is InChI=1S/C52H30N2O/c1-2-12-31(13-3-1)32-14-10-16-34(28-32)53-43-22-8-6-20-41(43)49-44(53)26-27-45-50(49)51-46(25-24-40-38-19-7-9-23-47(38)55-52(40)51)54(45)35-29-33-15-11-21-39-36-17-4-5-18-37(36)42(30-35)48(33)39/h1-30H. The van der Waals surface area contributed by atoms with Crippen LogP contribution in [0.4, 0.5) is 0 Å². The van der Waals surface area contributed by atoms with Crippen molar-refractivity contribution in [3.8, 4) is 44.8 Å². The minimum atomic E-state index is 0.904. The number of hydrogen-bond donors (Lipinski definition) is 0. The molecule has 0 amide bonds. The van der Waals surface area contributed by atoms with Gasteiger partial charge < -0.3 is 13.6 Å². The summed E-state index contributed by atoms with van der Waals surface area (Å²) in [5, 5.41) is 9.64. The topological polar surface area (TPSA) is 23.0 Å². The fraction of sp³-hybridized carbons (Fsp3) is 0. The number of rotatable bonds is 3. The number of hydrogen-bond acceptors (Lipinski definition) is 1. The fourth-order valence-electron chi connectivity index (χ4n) is 9.77. The molecular weight excluding hydrogens is 669 g/mol. The predicted octanol–water partition coefficient (Wildman–Crippen LogP) is 14.2. The molecule has 0 atom stereocenters. The third-order valence-electron chi connectivity index (χ3n) is 12.0. The molecular formula is C52H30N2O. The molecule has 0 saturated heterocycles. The second-order valence-electron chi connectivity index (χ2n) is 14.8. The van der Waals surface area contributed by atoms with Crippen LogP contribution < -0.4 is 0 Å². The van der Waals surface area contributed by atoms with Crippen molar-refractivity contribution in [2.75, 3.05) is 0 Å². The maximum atomic E-state index is 6.89. The molecule has 0 saturated carbocycles. The number of para-hydroxylation sites is 2. The van der Waals surface area contributed by atoms with E-state index in [1.54, 1.807) is 0 Å². The van der Waals surface area contributed by atoms with Crippen molar-refractivity contribution in [1.29, 1.82) is 0 Å². The van der Waals surface area contributed by atoms with Crippen molar-refractivity contribution in [3.63, 3.8) is 0 Å². The summed E-state index contributed by atoms with van der Waals surface area (Å²) >= 11 is 0. The molecule has 0 N–H and O–H groups in total. The summed E-state index contributed by atoms with van der Waals surface area (Å²) in [6.45, 7) is 0. The van der Waals surface area contributed by atoms with E-state index in [9.17, 15) is 0 Å². The van der Waals surface area contributed by atoms with Gasteiger partial charge in [0.25, 0.3) is 0 Å². The Bertz CT molecular complexity index is 3600. The first kappa shape index (κ1) is 29.1. The molecule has 0 unspecified atom stereocenters. The van der Waals surface area contributed by atoms with E-state index in [4.69, 9.17) is 4.42 Å². The molecule has 3 nitrogen and oxygen atoms in total. The highest BCUT2D eigenvalue weighted by molar-refractivity contribution is 6.34. The number of aromatic nitrogens is 2. The van der Waals surface area contributed by atoms with E-state index >= 15 is 0 Å². The van der Waals surface area contributed by atoms with Crippen LogP contribution in [0.15, 0.2) is 186 Å². The molecule has 9 aromatic carbocycles. The summed E-state index contributed by atoms with van der Waals surface area (Å²) in [6, 6.07) is 66.4. The molecule has 1 aliphatic rings. The first-order valence-corrected chi connectivity index (χ1v) is 18.9. The Morgan fingerprint density at radius 2 is 0.982 bits per heavy atom. The van der Waals surface area contributed by atoms with Crippen LogP contribution in [0.2, 0.25) is 0 Å². The lowest BCUT2D eigenvalue weighted by atomic mass is 10.0. The zero-order valence-corrected chi connectivity index (χ0v) is 29.6. The van der Waals surface area contributed by atoms with Crippen molar-refractivity contribution >= 4 is 76.3 Å². The van der Waals surface area contributed by atoms with E-state index in [2.05, 4.69) is 191 Å². The van der Waals surface area contributed by atoms with Gasteiger partial charge in [0.05, 0.1) is 27.5 Å². The van der Waals surface area contributed by atoms with Gasteiger partial charge in [0, 0.05) is 38.3 Å². The van der Waals surface area contributed by atoms with E-state index in [-0.39, 0.29) is 0 Å². The minimum absolute atomic E-state index is 0.904. The largest absolute Gasteiger partial charge is 0.455 e. The first-order valence-electron chi connectivity index (χ1n) is 18.9. The zero-order valence-electron chi connectivity index (χ0n) is 29.6. The first-order chi connectivity index (χ1) is 27.3. The SMILES string of the molecule is c1ccc(-c2cccc(-n3c4ccccc4c4c5c6c7oc8ccccc8c7ccc6n(-c6cc7c8c(cccc8c6)-c6ccccc6-7)c5ccc43)c2)cc1. The van der Waals surface area contributed by atoms with Gasteiger partial charge >= 0.3 is 0 Å². The van der Waals surface area contributed by atoms with Crippen LogP contribution in [0, 0.1) is 0 Å². The minimum Gasteiger partial charge on any atom is -0.455 e. The molecule has 55 heavy (non-hydrogen) atoms. The molecule has 3 heterocycles. The highest BCUT2D eigenvalue weighted by atomic mass is 16.3. The Kier molecular flexibility index (Phi) is 5.63. The van der Waals surface area contributed by atoms with E-state index in [0.29, 0.717) is 0 Å². The maximum absolute atomic E-state index is 6.89. The Balaban J connectivity index is 1.19. The average molecular weight is 699 g/mol. The van der Waals surface area contributed by atoms with Crippen LogP contribution in [0.25, 0.3) is 121 Å². The van der Waals surface area contributed by atoms with Crippen LogP contribution in [0.5, 0.6) is 0 Å². The monoisotopic (exact) mass is 698 g/mol. The average Bonchev–Trinajstić information content (AvgIpc) is 3.98. The molecule has 3 heteroatoms. The molecule has 1 aliphatic carbocycles. The summed E-state index contributed by atoms with van der Waals surface area (Å²) in [5.74, 6) is 0. The van der Waals surface area contributed by atoms with Crippen molar-refractivity contribution in [3.05, 3.63) is 182 Å². The third kappa shape index (κ3) is 3.84. The molecule has 0 radical (unpaired) electrons. The molecule has 0 spiro atoms. The highest BCUT2D eigenvalue weighted by Gasteiger charge is 2.26. The van der Waals surface area contributed by atoms with E-state index in [1.807, 2.05) is 0 Å². The molecule has 254 valence electrons. The zero-order chi connectivity index (χ0) is 35.8. The highest BCUT2D eigenvalue weighted by Crippen LogP contribution is 2.50. The van der Waals surface area contributed by atoms with Gasteiger partial charge in [-0.25, -0.2) is 0 Å². The van der Waals surface area contributed by atoms with Gasteiger partial charge in [-0.15, -0.1) is 0 Å². The second kappa shape index (κ2) is 10.6. The summed E-state index contributed by atoms with van der Waals surface area (Å²) in [7, 11) is 0. The van der Waals surface area contributed by atoms with Crippen molar-refractivity contribution < 1.29 is 4.42 Å². The number of furan rings is 1. The molecule has 3 aromatic heterocycles. The van der Waals surface area contributed by atoms with Crippen LogP contribution in [0.1, 0.15) is 0 Å². The predicted molar refractivity (Wildman–Crippen MR) is 230 cm³/mol. The summed E-state index contributed by atoms with van der Waals surface area (Å²) in [6.07, 6.45) is 0. The molecule has 12 aromatic rings. The smallest absolute Gasteiger partial charge is 0.145 e. The van der Waals surface area contributed by atoms with Crippen molar-refractivity contribution in [1.82, 2.24) is 9.13 Å². The van der Waals surface area contributed by atoms with E-state index in [0.717, 1.165) is 49.7 Å². The van der Waals surface area contributed by atoms with Gasteiger partial charge in [0.15, 0.2) is 0 Å². The van der Waals surface area contributed by atoms with Gasteiger partial charge in [-0.2, -0.15) is 0 Å². The lowest BCUT2D eigenvalue weighted by Gasteiger charge is -2.12. The number of nitrogens with zero attached hydrogens (tertiary/aromatic N) is 2. The van der Waals surface area contributed by atoms with Gasteiger partial charge in [0.2, 0.25) is 0 Å². The van der Waals surface area contributed by atoms with E-state index < -0.39 is 0 Å². The Hall–Kier alpha value is -7.36. The van der Waals surface area contributed by atoms with Crippen molar-refractivity contribution in [2.45, 2.75) is 0 Å². The second-order valence-corrected chi connectivity index (χ2v) is 14.8. The lowest BCUT2D eigenvalue weighted by molar-refractivity contribution is 0.673. The maximum Gasteiger partial charge on any atom is 0.145 e. The fourth-order valence-corrected chi connectivity index (χ4v) is 9.77. The summed E-state index contributed by atoms with van der Waals surface area (Å²) in [4.78, 5) is 0. The van der Waals surface area contributed by atoms with Gasteiger partial charge in [-0.3, -0.25) is 0 Å². The molecule has 0 aliphatic heterocycles. The molecule has 0 bridgehead atoms. The molecule has 13 rings (SSSR count).